The van der Waals surface area contributed by atoms with E-state index in [1.807, 2.05) is 13.8 Å². The van der Waals surface area contributed by atoms with Crippen molar-refractivity contribution in [1.29, 1.82) is 0 Å². The molecule has 0 spiro atoms. The quantitative estimate of drug-likeness (QED) is 0.634. The third kappa shape index (κ3) is 2.76. The molecule has 2 unspecified atom stereocenters. The van der Waals surface area contributed by atoms with Crippen molar-refractivity contribution in [2.75, 3.05) is 0 Å². The maximum absolute atomic E-state index is 11.8. The Morgan fingerprint density at radius 2 is 2.06 bits per heavy atom. The van der Waals surface area contributed by atoms with Crippen LogP contribution < -0.4 is 0 Å². The summed E-state index contributed by atoms with van der Waals surface area (Å²) in [6, 6.07) is 0. The molecule has 2 atom stereocenters. The van der Waals surface area contributed by atoms with Crippen LogP contribution in [0.3, 0.4) is 0 Å². The Balaban J connectivity index is 3.21. The first-order valence-corrected chi connectivity index (χ1v) is 7.28. The lowest BCUT2D eigenvalue weighted by Gasteiger charge is -2.41. The molecule has 1 aliphatic rings. The highest BCUT2D eigenvalue weighted by Crippen LogP contribution is 2.47. The van der Waals surface area contributed by atoms with Gasteiger partial charge in [0.1, 0.15) is 0 Å². The van der Waals surface area contributed by atoms with Crippen molar-refractivity contribution < 1.29 is 4.79 Å². The van der Waals surface area contributed by atoms with Crippen molar-refractivity contribution in [3.05, 3.63) is 22.8 Å². The fourth-order valence-corrected chi connectivity index (χ4v) is 3.04. The van der Waals surface area contributed by atoms with Crippen LogP contribution in [0.1, 0.15) is 67.2 Å². The highest BCUT2D eigenvalue weighted by Gasteiger charge is 2.36. The molecule has 0 saturated heterocycles. The first kappa shape index (κ1) is 15.2. The van der Waals surface area contributed by atoms with Crippen LogP contribution >= 0.6 is 0 Å². The molecule has 1 rings (SSSR count). The SMILES string of the molecule is CCC(=O)/C(C)=C/C1=C(C)CCC(C)C1(C)CC. The number of rotatable bonds is 4. The fraction of sp³-hybridized carbons (Fsp3) is 0.706. The second kappa shape index (κ2) is 5.86. The van der Waals surface area contributed by atoms with Gasteiger partial charge in [0.15, 0.2) is 5.78 Å². The third-order valence-electron chi connectivity index (χ3n) is 4.97. The number of hydrogen-bond acceptors (Lipinski definition) is 1. The van der Waals surface area contributed by atoms with Crippen LogP contribution in [0, 0.1) is 11.3 Å². The number of carbonyl (C=O) groups excluding carboxylic acids is 1. The Kier molecular flexibility index (Phi) is 4.95. The molecule has 0 bridgehead atoms. The zero-order valence-corrected chi connectivity index (χ0v) is 12.9. The van der Waals surface area contributed by atoms with Gasteiger partial charge in [0.05, 0.1) is 0 Å². The Morgan fingerprint density at radius 1 is 1.44 bits per heavy atom. The zero-order chi connectivity index (χ0) is 13.9. The van der Waals surface area contributed by atoms with Crippen molar-refractivity contribution in [3.63, 3.8) is 0 Å². The Morgan fingerprint density at radius 3 is 2.56 bits per heavy atom. The van der Waals surface area contributed by atoms with Gasteiger partial charge >= 0.3 is 0 Å². The van der Waals surface area contributed by atoms with Crippen LogP contribution in [0.2, 0.25) is 0 Å². The lowest BCUT2D eigenvalue weighted by molar-refractivity contribution is -0.115. The molecule has 0 aromatic carbocycles. The van der Waals surface area contributed by atoms with Crippen LogP contribution in [0.25, 0.3) is 0 Å². The standard InChI is InChI=1S/C17H28O/c1-7-16(18)13(4)11-15-12(3)9-10-14(5)17(15,6)8-2/h11,14H,7-10H2,1-6H3/b13-11+. The second-order valence-corrected chi connectivity index (χ2v) is 6.01. The maximum Gasteiger partial charge on any atom is 0.158 e. The van der Waals surface area contributed by atoms with E-state index in [4.69, 9.17) is 0 Å². The predicted molar refractivity (Wildman–Crippen MR) is 78.6 cm³/mol. The molecule has 1 aliphatic carbocycles. The number of hydrogen-bond donors (Lipinski definition) is 0. The molecule has 0 aliphatic heterocycles. The zero-order valence-electron chi connectivity index (χ0n) is 12.9. The van der Waals surface area contributed by atoms with Crippen LogP contribution in [-0.4, -0.2) is 5.78 Å². The lowest BCUT2D eigenvalue weighted by atomic mass is 9.63. The van der Waals surface area contributed by atoms with E-state index in [0.29, 0.717) is 12.3 Å². The van der Waals surface area contributed by atoms with Gasteiger partial charge < -0.3 is 0 Å². The summed E-state index contributed by atoms with van der Waals surface area (Å²) < 4.78 is 0. The van der Waals surface area contributed by atoms with E-state index in [9.17, 15) is 4.79 Å². The normalized spacial score (nSPS) is 29.7. The van der Waals surface area contributed by atoms with E-state index in [-0.39, 0.29) is 11.2 Å². The molecule has 1 nitrogen and oxygen atoms in total. The molecule has 0 aromatic rings. The number of Topliss-reactive ketones (excluding diaryl/α,β-unsaturated/α-hetero) is 1. The van der Waals surface area contributed by atoms with Gasteiger partial charge in [-0.1, -0.05) is 39.3 Å². The summed E-state index contributed by atoms with van der Waals surface area (Å²) in [6.07, 6.45) is 6.36. The Bertz CT molecular complexity index is 386. The molecule has 102 valence electrons. The number of ketones is 1. The minimum Gasteiger partial charge on any atom is -0.295 e. The average molecular weight is 248 g/mol. The number of allylic oxidation sites excluding steroid dienone is 4. The van der Waals surface area contributed by atoms with E-state index >= 15 is 0 Å². The first-order valence-electron chi connectivity index (χ1n) is 7.28. The largest absolute Gasteiger partial charge is 0.295 e. The van der Waals surface area contributed by atoms with Gasteiger partial charge in [0.2, 0.25) is 0 Å². The van der Waals surface area contributed by atoms with Gasteiger partial charge in [-0.2, -0.15) is 0 Å². The summed E-state index contributed by atoms with van der Waals surface area (Å²) >= 11 is 0. The monoisotopic (exact) mass is 248 g/mol. The summed E-state index contributed by atoms with van der Waals surface area (Å²) in [4.78, 5) is 11.8. The third-order valence-corrected chi connectivity index (χ3v) is 4.97. The molecule has 0 radical (unpaired) electrons. The van der Waals surface area contributed by atoms with Crippen molar-refractivity contribution in [2.45, 2.75) is 67.2 Å². The summed E-state index contributed by atoms with van der Waals surface area (Å²) in [5, 5.41) is 0. The number of carbonyl (C=O) groups is 1. The smallest absolute Gasteiger partial charge is 0.158 e. The van der Waals surface area contributed by atoms with E-state index in [1.54, 1.807) is 0 Å². The fourth-order valence-electron chi connectivity index (χ4n) is 3.04. The summed E-state index contributed by atoms with van der Waals surface area (Å²) in [6.45, 7) is 13.1. The average Bonchev–Trinajstić information content (AvgIpc) is 2.37. The van der Waals surface area contributed by atoms with E-state index < -0.39 is 0 Å². The highest BCUT2D eigenvalue weighted by atomic mass is 16.1. The van der Waals surface area contributed by atoms with E-state index in [2.05, 4.69) is 33.8 Å². The van der Waals surface area contributed by atoms with Crippen LogP contribution in [0.4, 0.5) is 0 Å². The molecule has 0 aromatic heterocycles. The van der Waals surface area contributed by atoms with Crippen molar-refractivity contribution >= 4 is 5.78 Å². The molecular weight excluding hydrogens is 220 g/mol. The summed E-state index contributed by atoms with van der Waals surface area (Å²) in [5.41, 5.74) is 4.04. The van der Waals surface area contributed by atoms with Gasteiger partial charge in [-0.15, -0.1) is 0 Å². The summed E-state index contributed by atoms with van der Waals surface area (Å²) in [7, 11) is 0. The molecule has 0 heterocycles. The van der Waals surface area contributed by atoms with Gasteiger partial charge in [-0.05, 0) is 55.6 Å². The van der Waals surface area contributed by atoms with Crippen LogP contribution in [-0.2, 0) is 4.79 Å². The molecule has 1 heteroatoms. The van der Waals surface area contributed by atoms with Gasteiger partial charge in [-0.3, -0.25) is 4.79 Å². The minimum absolute atomic E-state index is 0.234. The molecule has 0 fully saturated rings. The van der Waals surface area contributed by atoms with Gasteiger partial charge in [-0.25, -0.2) is 0 Å². The van der Waals surface area contributed by atoms with Crippen molar-refractivity contribution in [3.8, 4) is 0 Å². The lowest BCUT2D eigenvalue weighted by Crippen LogP contribution is -2.31. The maximum atomic E-state index is 11.8. The minimum atomic E-state index is 0.234. The molecule has 0 N–H and O–H groups in total. The first-order chi connectivity index (χ1) is 8.36. The van der Waals surface area contributed by atoms with Crippen LogP contribution in [0.5, 0.6) is 0 Å². The van der Waals surface area contributed by atoms with Crippen molar-refractivity contribution in [1.82, 2.24) is 0 Å². The summed E-state index contributed by atoms with van der Waals surface area (Å²) in [5.74, 6) is 0.967. The predicted octanol–water partition coefficient (Wildman–Crippen LogP) is 5.07. The van der Waals surface area contributed by atoms with E-state index in [1.165, 1.54) is 24.0 Å². The van der Waals surface area contributed by atoms with E-state index in [0.717, 1.165) is 12.0 Å². The van der Waals surface area contributed by atoms with Crippen LogP contribution in [0.15, 0.2) is 22.8 Å². The van der Waals surface area contributed by atoms with Gasteiger partial charge in [0, 0.05) is 6.42 Å². The van der Waals surface area contributed by atoms with Crippen molar-refractivity contribution in [2.24, 2.45) is 11.3 Å². The second-order valence-electron chi connectivity index (χ2n) is 6.01. The Hall–Kier alpha value is -0.850. The molecule has 18 heavy (non-hydrogen) atoms. The topological polar surface area (TPSA) is 17.1 Å². The molecular formula is C17H28O. The Labute approximate surface area is 112 Å². The molecule has 0 amide bonds. The highest BCUT2D eigenvalue weighted by molar-refractivity contribution is 5.95. The van der Waals surface area contributed by atoms with Gasteiger partial charge in [0.25, 0.3) is 0 Å². The molecule has 0 saturated carbocycles.